The van der Waals surface area contributed by atoms with Crippen LogP contribution in [-0.2, 0) is 6.42 Å². The van der Waals surface area contributed by atoms with Crippen molar-refractivity contribution >= 4 is 31.9 Å². The fraction of sp³-hybridized carbons (Fsp3) is 0.500. The molecule has 1 aromatic rings. The van der Waals surface area contributed by atoms with Crippen LogP contribution >= 0.6 is 31.9 Å². The van der Waals surface area contributed by atoms with E-state index >= 15 is 0 Å². The second-order valence-electron chi connectivity index (χ2n) is 4.38. The Morgan fingerprint density at radius 2 is 2.07 bits per heavy atom. The number of benzene rings is 1. The highest BCUT2D eigenvalue weighted by Gasteiger charge is 2.36. The predicted octanol–water partition coefficient (Wildman–Crippen LogP) is 4.70. The SMILES string of the molecule is Fc1cccc(CC2(CBr)CCC2)c1Br. The Morgan fingerprint density at radius 3 is 2.60 bits per heavy atom. The van der Waals surface area contributed by atoms with Crippen molar-refractivity contribution in [2.24, 2.45) is 5.41 Å². The number of hydrogen-bond donors (Lipinski definition) is 0. The molecule has 0 aliphatic heterocycles. The van der Waals surface area contributed by atoms with E-state index in [9.17, 15) is 4.39 Å². The van der Waals surface area contributed by atoms with Crippen molar-refractivity contribution in [2.75, 3.05) is 5.33 Å². The van der Waals surface area contributed by atoms with Crippen LogP contribution in [0.2, 0.25) is 0 Å². The first-order valence-corrected chi connectivity index (χ1v) is 7.07. The molecule has 1 aromatic carbocycles. The van der Waals surface area contributed by atoms with Crippen molar-refractivity contribution in [3.63, 3.8) is 0 Å². The van der Waals surface area contributed by atoms with Gasteiger partial charge < -0.3 is 0 Å². The van der Waals surface area contributed by atoms with Gasteiger partial charge in [-0.05, 0) is 52.2 Å². The fourth-order valence-corrected chi connectivity index (χ4v) is 3.29. The van der Waals surface area contributed by atoms with E-state index < -0.39 is 0 Å². The maximum Gasteiger partial charge on any atom is 0.137 e. The van der Waals surface area contributed by atoms with E-state index in [2.05, 4.69) is 31.9 Å². The first-order chi connectivity index (χ1) is 7.17. The van der Waals surface area contributed by atoms with Gasteiger partial charge in [-0.2, -0.15) is 0 Å². The van der Waals surface area contributed by atoms with Crippen LogP contribution in [-0.4, -0.2) is 5.33 Å². The van der Waals surface area contributed by atoms with E-state index in [1.807, 2.05) is 6.07 Å². The Bertz CT molecular complexity index is 353. The van der Waals surface area contributed by atoms with E-state index in [0.717, 1.165) is 17.3 Å². The van der Waals surface area contributed by atoms with Crippen molar-refractivity contribution in [1.29, 1.82) is 0 Å². The summed E-state index contributed by atoms with van der Waals surface area (Å²) >= 11 is 6.90. The van der Waals surface area contributed by atoms with E-state index in [4.69, 9.17) is 0 Å². The topological polar surface area (TPSA) is 0 Å². The molecular formula is C12H13Br2F. The van der Waals surface area contributed by atoms with Crippen LogP contribution in [0.25, 0.3) is 0 Å². The molecule has 1 aliphatic carbocycles. The number of rotatable bonds is 3. The molecule has 3 heteroatoms. The summed E-state index contributed by atoms with van der Waals surface area (Å²) in [6.07, 6.45) is 4.78. The van der Waals surface area contributed by atoms with E-state index in [0.29, 0.717) is 9.89 Å². The van der Waals surface area contributed by atoms with E-state index in [-0.39, 0.29) is 5.82 Å². The first-order valence-electron chi connectivity index (χ1n) is 5.16. The lowest BCUT2D eigenvalue weighted by Gasteiger charge is -2.41. The molecule has 0 radical (unpaired) electrons. The molecule has 0 bridgehead atoms. The van der Waals surface area contributed by atoms with Gasteiger partial charge in [0.1, 0.15) is 5.82 Å². The molecule has 2 rings (SSSR count). The summed E-state index contributed by atoms with van der Waals surface area (Å²) in [5.74, 6) is -0.156. The smallest absolute Gasteiger partial charge is 0.137 e. The third kappa shape index (κ3) is 2.28. The highest BCUT2D eigenvalue weighted by atomic mass is 79.9. The van der Waals surface area contributed by atoms with Crippen LogP contribution in [0.5, 0.6) is 0 Å². The Kier molecular flexibility index (Phi) is 3.51. The van der Waals surface area contributed by atoms with Crippen molar-refractivity contribution < 1.29 is 4.39 Å². The number of hydrogen-bond acceptors (Lipinski definition) is 0. The third-order valence-corrected chi connectivity index (χ3v) is 5.37. The molecule has 0 nitrogen and oxygen atoms in total. The number of halogens is 3. The van der Waals surface area contributed by atoms with Crippen LogP contribution in [0.4, 0.5) is 4.39 Å². The predicted molar refractivity (Wildman–Crippen MR) is 67.9 cm³/mol. The molecule has 0 aromatic heterocycles. The molecule has 0 saturated heterocycles. The highest BCUT2D eigenvalue weighted by Crippen LogP contribution is 2.46. The summed E-state index contributed by atoms with van der Waals surface area (Å²) in [6.45, 7) is 0. The van der Waals surface area contributed by atoms with Crippen molar-refractivity contribution in [3.8, 4) is 0 Å². The Balaban J connectivity index is 2.20. The molecule has 82 valence electrons. The van der Waals surface area contributed by atoms with E-state index in [1.54, 1.807) is 6.07 Å². The average molecular weight is 336 g/mol. The minimum Gasteiger partial charge on any atom is -0.206 e. The van der Waals surface area contributed by atoms with Gasteiger partial charge in [-0.1, -0.05) is 34.5 Å². The minimum atomic E-state index is -0.156. The van der Waals surface area contributed by atoms with Crippen LogP contribution in [0.3, 0.4) is 0 Å². The zero-order valence-corrected chi connectivity index (χ0v) is 11.6. The lowest BCUT2D eigenvalue weighted by molar-refractivity contribution is 0.169. The fourth-order valence-electron chi connectivity index (χ4n) is 2.12. The average Bonchev–Trinajstić information content (AvgIpc) is 2.18. The largest absolute Gasteiger partial charge is 0.206 e. The van der Waals surface area contributed by atoms with Gasteiger partial charge in [0.05, 0.1) is 4.47 Å². The van der Waals surface area contributed by atoms with Crippen LogP contribution < -0.4 is 0 Å². The van der Waals surface area contributed by atoms with Gasteiger partial charge in [0, 0.05) is 5.33 Å². The Hall–Kier alpha value is 0.110. The monoisotopic (exact) mass is 334 g/mol. The van der Waals surface area contributed by atoms with E-state index in [1.165, 1.54) is 25.3 Å². The molecule has 0 unspecified atom stereocenters. The molecule has 0 atom stereocenters. The Labute approximate surface area is 107 Å². The van der Waals surface area contributed by atoms with Gasteiger partial charge in [-0.25, -0.2) is 4.39 Å². The summed E-state index contributed by atoms with van der Waals surface area (Å²) in [4.78, 5) is 0. The molecule has 1 aliphatic rings. The van der Waals surface area contributed by atoms with Crippen LogP contribution in [0, 0.1) is 11.2 Å². The molecular weight excluding hydrogens is 323 g/mol. The Morgan fingerprint density at radius 1 is 1.33 bits per heavy atom. The highest BCUT2D eigenvalue weighted by molar-refractivity contribution is 9.10. The zero-order chi connectivity index (χ0) is 10.9. The van der Waals surface area contributed by atoms with Crippen molar-refractivity contribution in [1.82, 2.24) is 0 Å². The summed E-state index contributed by atoms with van der Waals surface area (Å²) < 4.78 is 14.0. The van der Waals surface area contributed by atoms with Gasteiger partial charge in [-0.3, -0.25) is 0 Å². The summed E-state index contributed by atoms with van der Waals surface area (Å²) in [7, 11) is 0. The maximum atomic E-state index is 13.3. The quantitative estimate of drug-likeness (QED) is 0.702. The second-order valence-corrected chi connectivity index (χ2v) is 5.73. The van der Waals surface area contributed by atoms with Gasteiger partial charge in [0.15, 0.2) is 0 Å². The summed E-state index contributed by atoms with van der Waals surface area (Å²) in [6, 6.07) is 5.29. The van der Waals surface area contributed by atoms with Crippen LogP contribution in [0.1, 0.15) is 24.8 Å². The summed E-state index contributed by atoms with van der Waals surface area (Å²) in [5, 5.41) is 1.02. The molecule has 1 fully saturated rings. The third-order valence-electron chi connectivity index (χ3n) is 3.29. The molecule has 0 heterocycles. The normalized spacial score (nSPS) is 18.6. The van der Waals surface area contributed by atoms with Crippen LogP contribution in [0.15, 0.2) is 22.7 Å². The van der Waals surface area contributed by atoms with Gasteiger partial charge in [-0.15, -0.1) is 0 Å². The molecule has 0 N–H and O–H groups in total. The molecule has 15 heavy (non-hydrogen) atoms. The first kappa shape index (κ1) is 11.6. The molecule has 0 amide bonds. The lowest BCUT2D eigenvalue weighted by Crippen LogP contribution is -2.33. The van der Waals surface area contributed by atoms with Gasteiger partial charge in [0.25, 0.3) is 0 Å². The summed E-state index contributed by atoms with van der Waals surface area (Å²) in [5.41, 5.74) is 1.46. The standard InChI is InChI=1S/C12H13Br2F/c13-8-12(5-2-6-12)7-9-3-1-4-10(15)11(9)14/h1,3-4H,2,5-8H2. The minimum absolute atomic E-state index is 0.156. The maximum absolute atomic E-state index is 13.3. The van der Waals surface area contributed by atoms with Crippen molar-refractivity contribution in [2.45, 2.75) is 25.7 Å². The van der Waals surface area contributed by atoms with Gasteiger partial charge in [0.2, 0.25) is 0 Å². The molecule has 1 saturated carbocycles. The number of alkyl halides is 1. The lowest BCUT2D eigenvalue weighted by atomic mass is 9.67. The zero-order valence-electron chi connectivity index (χ0n) is 8.40. The van der Waals surface area contributed by atoms with Gasteiger partial charge >= 0.3 is 0 Å². The molecule has 0 spiro atoms. The van der Waals surface area contributed by atoms with Crippen molar-refractivity contribution in [3.05, 3.63) is 34.1 Å². The second kappa shape index (κ2) is 4.54.